The number of carboxylic acid groups (broad SMARTS) is 1. The summed E-state index contributed by atoms with van der Waals surface area (Å²) in [5.74, 6) is -0.392. The summed E-state index contributed by atoms with van der Waals surface area (Å²) in [6.45, 7) is 0. The second-order valence-corrected chi connectivity index (χ2v) is 4.13. The second kappa shape index (κ2) is 4.18. The Morgan fingerprint density at radius 2 is 2.00 bits per heavy atom. The van der Waals surface area contributed by atoms with E-state index in [0.717, 1.165) is 0 Å². The minimum absolute atomic E-state index is 0.199. The first kappa shape index (κ1) is 11.6. The number of fused-ring (bicyclic) bond motifs is 1. The van der Waals surface area contributed by atoms with Crippen LogP contribution in [-0.2, 0) is 0 Å². The zero-order valence-corrected chi connectivity index (χ0v) is 10.1. The van der Waals surface area contributed by atoms with Crippen molar-refractivity contribution in [3.05, 3.63) is 28.9 Å². The summed E-state index contributed by atoms with van der Waals surface area (Å²) >= 11 is 5.93. The summed E-state index contributed by atoms with van der Waals surface area (Å²) in [6, 6.07) is 4.69. The summed E-state index contributed by atoms with van der Waals surface area (Å²) < 4.78 is 0. The van der Waals surface area contributed by atoms with Crippen molar-refractivity contribution in [2.24, 2.45) is 0 Å². The van der Waals surface area contributed by atoms with E-state index < -0.39 is 5.97 Å². The highest BCUT2D eigenvalue weighted by Crippen LogP contribution is 2.28. The smallest absolute Gasteiger partial charge is 0.335 e. The number of hydrogen-bond acceptors (Lipinski definition) is 4. The molecule has 0 radical (unpaired) electrons. The molecule has 0 aliphatic heterocycles. The SMILES string of the molecule is CN(C)c1nnc(Cl)c2ccc(C(=O)O)cc12. The topological polar surface area (TPSA) is 66.3 Å². The van der Waals surface area contributed by atoms with Gasteiger partial charge in [-0.3, -0.25) is 0 Å². The number of hydrogen-bond donors (Lipinski definition) is 1. The van der Waals surface area contributed by atoms with Gasteiger partial charge in [0.1, 0.15) is 0 Å². The number of carboxylic acids is 1. The predicted octanol–water partition coefficient (Wildman–Crippen LogP) is 2.05. The molecule has 17 heavy (non-hydrogen) atoms. The molecule has 6 heteroatoms. The standard InChI is InChI=1S/C11H10ClN3O2/c1-15(2)10-8-5-6(11(16)17)3-4-7(8)9(12)13-14-10/h3-5H,1-2H3,(H,16,17). The molecule has 88 valence electrons. The first-order chi connectivity index (χ1) is 8.00. The van der Waals surface area contributed by atoms with E-state index in [2.05, 4.69) is 10.2 Å². The third kappa shape index (κ3) is 2.01. The predicted molar refractivity (Wildman–Crippen MR) is 65.8 cm³/mol. The normalized spacial score (nSPS) is 10.5. The van der Waals surface area contributed by atoms with Crippen LogP contribution in [0.3, 0.4) is 0 Å². The van der Waals surface area contributed by atoms with Crippen molar-refractivity contribution >= 4 is 34.2 Å². The molecule has 0 atom stereocenters. The summed E-state index contributed by atoms with van der Waals surface area (Å²) in [5, 5.41) is 18.4. The molecular formula is C11H10ClN3O2. The molecule has 0 saturated carbocycles. The molecule has 2 aromatic rings. The Balaban J connectivity index is 2.80. The lowest BCUT2D eigenvalue weighted by Gasteiger charge is -2.13. The molecular weight excluding hydrogens is 242 g/mol. The van der Waals surface area contributed by atoms with Gasteiger partial charge in [-0.15, -0.1) is 10.2 Å². The number of rotatable bonds is 2. The third-order valence-corrected chi connectivity index (χ3v) is 2.66. The molecule has 0 unspecified atom stereocenters. The van der Waals surface area contributed by atoms with Crippen molar-refractivity contribution in [2.75, 3.05) is 19.0 Å². The Morgan fingerprint density at radius 1 is 1.29 bits per heavy atom. The Kier molecular flexibility index (Phi) is 2.85. The van der Waals surface area contributed by atoms with Crippen LogP contribution in [0.1, 0.15) is 10.4 Å². The van der Waals surface area contributed by atoms with Gasteiger partial charge in [-0.25, -0.2) is 4.79 Å². The van der Waals surface area contributed by atoms with Crippen LogP contribution in [0.4, 0.5) is 5.82 Å². The van der Waals surface area contributed by atoms with E-state index in [-0.39, 0.29) is 10.7 Å². The molecule has 1 N–H and O–H groups in total. The number of carbonyl (C=O) groups is 1. The Morgan fingerprint density at radius 3 is 2.59 bits per heavy atom. The summed E-state index contributed by atoms with van der Waals surface area (Å²) in [6.07, 6.45) is 0. The lowest BCUT2D eigenvalue weighted by molar-refractivity contribution is 0.0697. The van der Waals surface area contributed by atoms with Crippen molar-refractivity contribution in [3.63, 3.8) is 0 Å². The zero-order chi connectivity index (χ0) is 12.6. The maximum Gasteiger partial charge on any atom is 0.335 e. The first-order valence-electron chi connectivity index (χ1n) is 4.87. The van der Waals surface area contributed by atoms with Crippen LogP contribution in [-0.4, -0.2) is 35.4 Å². The van der Waals surface area contributed by atoms with E-state index in [0.29, 0.717) is 16.6 Å². The van der Waals surface area contributed by atoms with Crippen LogP contribution < -0.4 is 4.90 Å². The van der Waals surface area contributed by atoms with Crippen LogP contribution in [0.25, 0.3) is 10.8 Å². The number of nitrogens with zero attached hydrogens (tertiary/aromatic N) is 3. The molecule has 0 aliphatic rings. The molecule has 1 aromatic carbocycles. The van der Waals surface area contributed by atoms with Gasteiger partial charge in [-0.2, -0.15) is 0 Å². The van der Waals surface area contributed by atoms with Gasteiger partial charge in [0.15, 0.2) is 11.0 Å². The first-order valence-corrected chi connectivity index (χ1v) is 5.25. The highest BCUT2D eigenvalue weighted by Gasteiger charge is 2.12. The fourth-order valence-electron chi connectivity index (χ4n) is 1.57. The van der Waals surface area contributed by atoms with E-state index in [1.807, 2.05) is 14.1 Å². The van der Waals surface area contributed by atoms with Gasteiger partial charge < -0.3 is 10.0 Å². The molecule has 5 nitrogen and oxygen atoms in total. The average molecular weight is 252 g/mol. The van der Waals surface area contributed by atoms with Crippen molar-refractivity contribution < 1.29 is 9.90 Å². The second-order valence-electron chi connectivity index (χ2n) is 3.77. The monoisotopic (exact) mass is 251 g/mol. The number of aromatic nitrogens is 2. The highest BCUT2D eigenvalue weighted by atomic mass is 35.5. The summed E-state index contributed by atoms with van der Waals surface area (Å²) in [4.78, 5) is 12.7. The largest absolute Gasteiger partial charge is 0.478 e. The minimum Gasteiger partial charge on any atom is -0.478 e. The average Bonchev–Trinajstić information content (AvgIpc) is 2.28. The minimum atomic E-state index is -0.982. The maximum atomic E-state index is 10.9. The third-order valence-electron chi connectivity index (χ3n) is 2.39. The van der Waals surface area contributed by atoms with E-state index >= 15 is 0 Å². The van der Waals surface area contributed by atoms with Gasteiger partial charge in [0, 0.05) is 24.9 Å². The van der Waals surface area contributed by atoms with Crippen molar-refractivity contribution in [3.8, 4) is 0 Å². The van der Waals surface area contributed by atoms with Crippen LogP contribution in [0.2, 0.25) is 5.15 Å². The van der Waals surface area contributed by atoms with Crippen molar-refractivity contribution in [1.82, 2.24) is 10.2 Å². The van der Waals surface area contributed by atoms with Crippen LogP contribution in [0, 0.1) is 0 Å². The van der Waals surface area contributed by atoms with E-state index in [1.165, 1.54) is 6.07 Å². The van der Waals surface area contributed by atoms with Crippen molar-refractivity contribution in [1.29, 1.82) is 0 Å². The summed E-state index contributed by atoms with van der Waals surface area (Å²) in [5.41, 5.74) is 0.199. The van der Waals surface area contributed by atoms with Gasteiger partial charge in [-0.1, -0.05) is 17.7 Å². The highest BCUT2D eigenvalue weighted by molar-refractivity contribution is 6.34. The van der Waals surface area contributed by atoms with Gasteiger partial charge in [0.05, 0.1) is 5.56 Å². The van der Waals surface area contributed by atoms with Crippen LogP contribution >= 0.6 is 11.6 Å². The Hall–Kier alpha value is -1.88. The molecule has 2 rings (SSSR count). The number of aromatic carboxylic acids is 1. The fraction of sp³-hybridized carbons (Fsp3) is 0.182. The Labute approximate surface area is 103 Å². The lowest BCUT2D eigenvalue weighted by atomic mass is 10.1. The molecule has 0 amide bonds. The molecule has 0 saturated heterocycles. The number of benzene rings is 1. The fourth-order valence-corrected chi connectivity index (χ4v) is 1.77. The lowest BCUT2D eigenvalue weighted by Crippen LogP contribution is -2.12. The van der Waals surface area contributed by atoms with Crippen LogP contribution in [0.5, 0.6) is 0 Å². The molecule has 0 spiro atoms. The summed E-state index contributed by atoms with van der Waals surface area (Å²) in [7, 11) is 3.62. The van der Waals surface area contributed by atoms with Gasteiger partial charge in [-0.05, 0) is 12.1 Å². The molecule has 0 fully saturated rings. The quantitative estimate of drug-likeness (QED) is 0.885. The van der Waals surface area contributed by atoms with E-state index in [1.54, 1.807) is 17.0 Å². The zero-order valence-electron chi connectivity index (χ0n) is 9.31. The molecule has 0 bridgehead atoms. The number of halogens is 1. The van der Waals surface area contributed by atoms with Gasteiger partial charge >= 0.3 is 5.97 Å². The molecule has 1 aromatic heterocycles. The van der Waals surface area contributed by atoms with Gasteiger partial charge in [0.25, 0.3) is 0 Å². The van der Waals surface area contributed by atoms with E-state index in [4.69, 9.17) is 16.7 Å². The molecule has 1 heterocycles. The van der Waals surface area contributed by atoms with E-state index in [9.17, 15) is 4.79 Å². The van der Waals surface area contributed by atoms with Crippen molar-refractivity contribution in [2.45, 2.75) is 0 Å². The molecule has 0 aliphatic carbocycles. The maximum absolute atomic E-state index is 10.9. The number of anilines is 1. The van der Waals surface area contributed by atoms with Gasteiger partial charge in [0.2, 0.25) is 0 Å². The Bertz CT molecular complexity index is 599. The van der Waals surface area contributed by atoms with Crippen LogP contribution in [0.15, 0.2) is 18.2 Å².